The largest absolute Gasteiger partial charge is 0.488 e. The molecule has 0 unspecified atom stereocenters. The summed E-state index contributed by atoms with van der Waals surface area (Å²) in [6, 6.07) is 17.8. The highest BCUT2D eigenvalue weighted by atomic mass is 32.1. The third kappa shape index (κ3) is 4.06. The Morgan fingerprint density at radius 2 is 1.84 bits per heavy atom. The van der Waals surface area contributed by atoms with E-state index in [1.54, 1.807) is 17.3 Å². The van der Waals surface area contributed by atoms with Crippen molar-refractivity contribution in [2.45, 2.75) is 13.5 Å². The number of amides is 1. The van der Waals surface area contributed by atoms with Gasteiger partial charge in [-0.05, 0) is 24.6 Å². The van der Waals surface area contributed by atoms with Gasteiger partial charge in [-0.25, -0.2) is 4.98 Å². The summed E-state index contributed by atoms with van der Waals surface area (Å²) >= 11 is 1.46. The molecule has 0 bridgehead atoms. The average Bonchev–Trinajstić information content (AvgIpc) is 3.16. The third-order valence-electron chi connectivity index (χ3n) is 3.90. The van der Waals surface area contributed by atoms with Gasteiger partial charge in [0.05, 0.1) is 5.56 Å². The van der Waals surface area contributed by atoms with Crippen LogP contribution in [0.25, 0.3) is 10.6 Å². The first-order valence-corrected chi connectivity index (χ1v) is 9.04. The molecule has 0 spiro atoms. The summed E-state index contributed by atoms with van der Waals surface area (Å²) in [5, 5.41) is 2.59. The van der Waals surface area contributed by atoms with Crippen LogP contribution in [0.5, 0.6) is 5.75 Å². The maximum atomic E-state index is 12.3. The van der Waals surface area contributed by atoms with Crippen molar-refractivity contribution >= 4 is 17.2 Å². The van der Waals surface area contributed by atoms with Crippen molar-refractivity contribution in [3.63, 3.8) is 0 Å². The van der Waals surface area contributed by atoms with E-state index in [0.717, 1.165) is 21.9 Å². The van der Waals surface area contributed by atoms with Crippen molar-refractivity contribution in [1.82, 2.24) is 9.88 Å². The molecule has 0 saturated carbocycles. The van der Waals surface area contributed by atoms with Gasteiger partial charge >= 0.3 is 0 Å². The Kier molecular flexibility index (Phi) is 5.46. The maximum Gasteiger partial charge on any atom is 0.273 e. The quantitative estimate of drug-likeness (QED) is 0.657. The maximum absolute atomic E-state index is 12.3. The number of thiazole rings is 1. The summed E-state index contributed by atoms with van der Waals surface area (Å²) in [4.78, 5) is 18.4. The SMILES string of the molecule is CCN(C)C(=O)c1csc(-c2ccccc2OCc2ccccc2)n1. The van der Waals surface area contributed by atoms with Crippen LogP contribution in [0.2, 0.25) is 0 Å². The van der Waals surface area contributed by atoms with Crippen molar-refractivity contribution < 1.29 is 9.53 Å². The van der Waals surface area contributed by atoms with Gasteiger partial charge < -0.3 is 9.64 Å². The van der Waals surface area contributed by atoms with Gasteiger partial charge in [-0.1, -0.05) is 42.5 Å². The molecule has 2 aromatic carbocycles. The van der Waals surface area contributed by atoms with Crippen LogP contribution >= 0.6 is 11.3 Å². The minimum absolute atomic E-state index is 0.0623. The zero-order chi connectivity index (χ0) is 17.6. The Morgan fingerprint density at radius 3 is 2.60 bits per heavy atom. The standard InChI is InChI=1S/C20H20N2O2S/c1-3-22(2)20(23)17-14-25-19(21-17)16-11-7-8-12-18(16)24-13-15-9-5-4-6-10-15/h4-12,14H,3,13H2,1-2H3. The normalized spacial score (nSPS) is 10.5. The molecule has 4 nitrogen and oxygen atoms in total. The fraction of sp³-hybridized carbons (Fsp3) is 0.200. The van der Waals surface area contributed by atoms with E-state index in [4.69, 9.17) is 4.74 Å². The van der Waals surface area contributed by atoms with E-state index >= 15 is 0 Å². The summed E-state index contributed by atoms with van der Waals surface area (Å²) in [6.45, 7) is 3.09. The molecule has 0 radical (unpaired) electrons. The van der Waals surface area contributed by atoms with Gasteiger partial charge in [0.25, 0.3) is 5.91 Å². The molecule has 1 heterocycles. The number of rotatable bonds is 6. The topological polar surface area (TPSA) is 42.4 Å². The minimum Gasteiger partial charge on any atom is -0.488 e. The van der Waals surface area contributed by atoms with Crippen LogP contribution in [0, 0.1) is 0 Å². The van der Waals surface area contributed by atoms with E-state index in [2.05, 4.69) is 4.98 Å². The Hall–Kier alpha value is -2.66. The molecule has 1 amide bonds. The molecule has 3 rings (SSSR count). The van der Waals surface area contributed by atoms with E-state index in [1.165, 1.54) is 11.3 Å². The van der Waals surface area contributed by atoms with Gasteiger partial charge in [-0.15, -0.1) is 11.3 Å². The molecule has 0 N–H and O–H groups in total. The second-order valence-corrected chi connectivity index (χ2v) is 6.49. The van der Waals surface area contributed by atoms with Gasteiger partial charge in [-0.3, -0.25) is 4.79 Å². The highest BCUT2D eigenvalue weighted by Crippen LogP contribution is 2.32. The van der Waals surface area contributed by atoms with Gasteiger partial charge in [0.15, 0.2) is 0 Å². The second kappa shape index (κ2) is 7.94. The predicted molar refractivity (Wildman–Crippen MR) is 101 cm³/mol. The van der Waals surface area contributed by atoms with Crippen LogP contribution in [-0.4, -0.2) is 29.4 Å². The number of hydrogen-bond acceptors (Lipinski definition) is 4. The number of para-hydroxylation sites is 1. The zero-order valence-corrected chi connectivity index (χ0v) is 15.1. The molecule has 3 aromatic rings. The lowest BCUT2D eigenvalue weighted by Gasteiger charge is -2.12. The second-order valence-electron chi connectivity index (χ2n) is 5.63. The average molecular weight is 352 g/mol. The molecule has 0 fully saturated rings. The Bertz CT molecular complexity index is 846. The van der Waals surface area contributed by atoms with Crippen LogP contribution < -0.4 is 4.74 Å². The highest BCUT2D eigenvalue weighted by Gasteiger charge is 2.16. The number of ether oxygens (including phenoxy) is 1. The molecular weight excluding hydrogens is 332 g/mol. The third-order valence-corrected chi connectivity index (χ3v) is 4.77. The van der Waals surface area contributed by atoms with Crippen molar-refractivity contribution in [3.8, 4) is 16.3 Å². The van der Waals surface area contributed by atoms with Gasteiger partial charge in [0, 0.05) is 19.0 Å². The first kappa shape index (κ1) is 17.2. The smallest absolute Gasteiger partial charge is 0.273 e. The summed E-state index contributed by atoms with van der Waals surface area (Å²) in [5.74, 6) is 0.705. The molecule has 0 aliphatic heterocycles. The molecule has 0 aliphatic carbocycles. The van der Waals surface area contributed by atoms with Crippen LogP contribution in [0.3, 0.4) is 0 Å². The fourth-order valence-electron chi connectivity index (χ4n) is 2.34. The van der Waals surface area contributed by atoms with Crippen molar-refractivity contribution in [2.75, 3.05) is 13.6 Å². The predicted octanol–water partition coefficient (Wildman–Crippen LogP) is 4.48. The molecule has 5 heteroatoms. The van der Waals surface area contributed by atoms with Crippen LogP contribution in [0.15, 0.2) is 60.0 Å². The highest BCUT2D eigenvalue weighted by molar-refractivity contribution is 7.13. The van der Waals surface area contributed by atoms with Crippen molar-refractivity contribution in [2.24, 2.45) is 0 Å². The number of carbonyl (C=O) groups is 1. The lowest BCUT2D eigenvalue weighted by atomic mass is 10.2. The molecule has 25 heavy (non-hydrogen) atoms. The number of nitrogens with zero attached hydrogens (tertiary/aromatic N) is 2. The molecule has 0 saturated heterocycles. The van der Waals surface area contributed by atoms with Crippen molar-refractivity contribution in [1.29, 1.82) is 0 Å². The fourth-order valence-corrected chi connectivity index (χ4v) is 3.16. The Balaban J connectivity index is 1.81. The summed E-state index contributed by atoms with van der Waals surface area (Å²) in [6.07, 6.45) is 0. The Morgan fingerprint density at radius 1 is 1.12 bits per heavy atom. The van der Waals surface area contributed by atoms with Crippen LogP contribution in [-0.2, 0) is 6.61 Å². The number of benzene rings is 2. The van der Waals surface area contributed by atoms with Crippen LogP contribution in [0.4, 0.5) is 0 Å². The van der Waals surface area contributed by atoms with E-state index in [9.17, 15) is 4.79 Å². The van der Waals surface area contributed by atoms with Crippen LogP contribution in [0.1, 0.15) is 23.0 Å². The Labute approximate surface area is 151 Å². The van der Waals surface area contributed by atoms with Gasteiger partial charge in [-0.2, -0.15) is 0 Å². The van der Waals surface area contributed by atoms with Gasteiger partial charge in [0.2, 0.25) is 0 Å². The molecule has 128 valence electrons. The van der Waals surface area contributed by atoms with Gasteiger partial charge in [0.1, 0.15) is 23.1 Å². The summed E-state index contributed by atoms with van der Waals surface area (Å²) in [7, 11) is 1.78. The number of aromatic nitrogens is 1. The number of carbonyl (C=O) groups excluding carboxylic acids is 1. The molecule has 1 aromatic heterocycles. The van der Waals surface area contributed by atoms with E-state index in [-0.39, 0.29) is 5.91 Å². The van der Waals surface area contributed by atoms with E-state index in [1.807, 2.05) is 61.5 Å². The van der Waals surface area contributed by atoms with E-state index < -0.39 is 0 Å². The lowest BCUT2D eigenvalue weighted by molar-refractivity contribution is 0.0797. The van der Waals surface area contributed by atoms with Crippen molar-refractivity contribution in [3.05, 3.63) is 71.2 Å². The summed E-state index contributed by atoms with van der Waals surface area (Å²) < 4.78 is 5.99. The molecular formula is C20H20N2O2S. The first-order chi connectivity index (χ1) is 12.2. The molecule has 0 atom stereocenters. The lowest BCUT2D eigenvalue weighted by Crippen LogP contribution is -2.26. The zero-order valence-electron chi connectivity index (χ0n) is 14.3. The molecule has 0 aliphatic rings. The first-order valence-electron chi connectivity index (χ1n) is 8.16. The minimum atomic E-state index is -0.0623. The van der Waals surface area contributed by atoms with E-state index in [0.29, 0.717) is 18.8 Å². The number of hydrogen-bond donors (Lipinski definition) is 0. The monoisotopic (exact) mass is 352 g/mol. The summed E-state index contributed by atoms with van der Waals surface area (Å²) in [5.41, 5.74) is 2.49.